The molecule has 0 fully saturated rings. The normalized spacial score (nSPS) is 10.4. The van der Waals surface area contributed by atoms with Crippen LogP contribution in [-0.4, -0.2) is 16.7 Å². The highest BCUT2D eigenvalue weighted by Gasteiger charge is 2.00. The fraction of sp³-hybridized carbons (Fsp3) is 0.286. The van der Waals surface area contributed by atoms with Crippen molar-refractivity contribution in [2.75, 3.05) is 6.54 Å². The van der Waals surface area contributed by atoms with Crippen LogP contribution in [0.2, 0.25) is 0 Å². The molecule has 0 spiro atoms. The summed E-state index contributed by atoms with van der Waals surface area (Å²) in [7, 11) is 0. The van der Waals surface area contributed by atoms with Crippen LogP contribution in [0.5, 0.6) is 5.88 Å². The number of nitrogens with two attached hydrogens (primary N) is 1. The Morgan fingerprint density at radius 1 is 1.05 bits per heavy atom. The second-order valence-corrected chi connectivity index (χ2v) is 4.17. The van der Waals surface area contributed by atoms with Gasteiger partial charge in [-0.25, -0.2) is 4.39 Å². The molecule has 2 N–H and O–H groups in total. The molecule has 0 bridgehead atoms. The van der Waals surface area contributed by atoms with Gasteiger partial charge in [0.25, 0.3) is 0 Å². The molecule has 0 radical (unpaired) electrons. The lowest BCUT2D eigenvalue weighted by Gasteiger charge is -2.05. The van der Waals surface area contributed by atoms with Crippen molar-refractivity contribution < 1.29 is 9.13 Å². The third kappa shape index (κ3) is 4.30. The van der Waals surface area contributed by atoms with Crippen molar-refractivity contribution >= 4 is 0 Å². The number of rotatable bonds is 6. The van der Waals surface area contributed by atoms with Crippen LogP contribution in [0.25, 0.3) is 0 Å². The zero-order valence-electron chi connectivity index (χ0n) is 10.6. The number of nitrogens with zero attached hydrogens (tertiary/aromatic N) is 2. The fourth-order valence-corrected chi connectivity index (χ4v) is 1.58. The maximum Gasteiger partial charge on any atom is 0.233 e. The first-order valence-electron chi connectivity index (χ1n) is 6.18. The zero-order chi connectivity index (χ0) is 13.5. The van der Waals surface area contributed by atoms with Crippen LogP contribution < -0.4 is 10.5 Å². The average Bonchev–Trinajstić information content (AvgIpc) is 2.46. The van der Waals surface area contributed by atoms with Gasteiger partial charge >= 0.3 is 0 Å². The van der Waals surface area contributed by atoms with E-state index in [4.69, 9.17) is 10.5 Å². The Morgan fingerprint density at radius 2 is 1.84 bits per heavy atom. The van der Waals surface area contributed by atoms with Gasteiger partial charge in [-0.15, -0.1) is 5.10 Å². The predicted molar refractivity (Wildman–Crippen MR) is 70.1 cm³/mol. The largest absolute Gasteiger partial charge is 0.472 e. The summed E-state index contributed by atoms with van der Waals surface area (Å²) in [6.07, 6.45) is 1.71. The molecule has 0 unspecified atom stereocenters. The van der Waals surface area contributed by atoms with Gasteiger partial charge in [-0.3, -0.25) is 0 Å². The fourth-order valence-electron chi connectivity index (χ4n) is 1.58. The molecule has 100 valence electrons. The van der Waals surface area contributed by atoms with E-state index in [0.29, 0.717) is 19.0 Å². The Bertz CT molecular complexity index is 499. The first-order chi connectivity index (χ1) is 9.28. The van der Waals surface area contributed by atoms with E-state index in [2.05, 4.69) is 10.2 Å². The van der Waals surface area contributed by atoms with Gasteiger partial charge in [0.15, 0.2) is 0 Å². The second kappa shape index (κ2) is 6.80. The number of hydrogen-bond donors (Lipinski definition) is 1. The van der Waals surface area contributed by atoms with E-state index >= 15 is 0 Å². The summed E-state index contributed by atoms with van der Waals surface area (Å²) in [5.74, 6) is 0.202. The number of aryl methyl sites for hydroxylation is 1. The summed E-state index contributed by atoms with van der Waals surface area (Å²) in [6.45, 7) is 0.988. The Balaban J connectivity index is 1.87. The van der Waals surface area contributed by atoms with Gasteiger partial charge in [-0.05, 0) is 43.1 Å². The van der Waals surface area contributed by atoms with E-state index in [1.165, 1.54) is 12.1 Å². The molecule has 0 saturated carbocycles. The van der Waals surface area contributed by atoms with Crippen LogP contribution in [0, 0.1) is 5.82 Å². The van der Waals surface area contributed by atoms with Crippen LogP contribution in [0.4, 0.5) is 4.39 Å². The molecule has 2 rings (SSSR count). The van der Waals surface area contributed by atoms with Gasteiger partial charge in [0.2, 0.25) is 5.88 Å². The highest BCUT2D eigenvalue weighted by molar-refractivity contribution is 5.17. The summed E-state index contributed by atoms with van der Waals surface area (Å²) in [4.78, 5) is 0. The topological polar surface area (TPSA) is 61.0 Å². The minimum Gasteiger partial charge on any atom is -0.472 e. The van der Waals surface area contributed by atoms with E-state index in [9.17, 15) is 4.39 Å². The minimum atomic E-state index is -0.257. The van der Waals surface area contributed by atoms with Crippen molar-refractivity contribution in [2.45, 2.75) is 19.4 Å². The zero-order valence-corrected chi connectivity index (χ0v) is 10.6. The maximum absolute atomic E-state index is 12.7. The molecule has 1 heterocycles. The Hall–Kier alpha value is -2.01. The summed E-state index contributed by atoms with van der Waals surface area (Å²) >= 11 is 0. The monoisotopic (exact) mass is 261 g/mol. The first-order valence-corrected chi connectivity index (χ1v) is 6.18. The number of ether oxygens (including phenoxy) is 1. The van der Waals surface area contributed by atoms with Crippen LogP contribution in [-0.2, 0) is 13.0 Å². The molecule has 0 aliphatic carbocycles. The van der Waals surface area contributed by atoms with Crippen molar-refractivity contribution in [3.8, 4) is 5.88 Å². The molecule has 2 aromatic rings. The molecule has 5 heteroatoms. The van der Waals surface area contributed by atoms with Gasteiger partial charge < -0.3 is 10.5 Å². The molecule has 0 aliphatic heterocycles. The number of halogens is 1. The quantitative estimate of drug-likeness (QED) is 0.865. The number of hydrogen-bond acceptors (Lipinski definition) is 4. The van der Waals surface area contributed by atoms with E-state index < -0.39 is 0 Å². The van der Waals surface area contributed by atoms with E-state index in [1.54, 1.807) is 18.2 Å². The van der Waals surface area contributed by atoms with Crippen LogP contribution in [0.15, 0.2) is 36.4 Å². The van der Waals surface area contributed by atoms with Crippen molar-refractivity contribution in [3.05, 3.63) is 53.5 Å². The molecule has 0 amide bonds. The minimum absolute atomic E-state index is 0.257. The first kappa shape index (κ1) is 13.4. The summed E-state index contributed by atoms with van der Waals surface area (Å²) in [5, 5.41) is 8.03. The lowest BCUT2D eigenvalue weighted by molar-refractivity contribution is 0.289. The third-order valence-electron chi connectivity index (χ3n) is 2.63. The van der Waals surface area contributed by atoms with Crippen LogP contribution >= 0.6 is 0 Å². The van der Waals surface area contributed by atoms with Gasteiger partial charge in [0, 0.05) is 6.07 Å². The number of benzene rings is 1. The van der Waals surface area contributed by atoms with Gasteiger partial charge in [0.1, 0.15) is 12.4 Å². The second-order valence-electron chi connectivity index (χ2n) is 4.17. The molecule has 4 nitrogen and oxygen atoms in total. The lowest BCUT2D eigenvalue weighted by Crippen LogP contribution is -2.03. The summed E-state index contributed by atoms with van der Waals surface area (Å²) in [6, 6.07) is 9.82. The lowest BCUT2D eigenvalue weighted by atomic mass is 10.2. The van der Waals surface area contributed by atoms with Crippen molar-refractivity contribution in [2.24, 2.45) is 5.73 Å². The molecule has 0 aliphatic rings. The van der Waals surface area contributed by atoms with Gasteiger partial charge in [-0.1, -0.05) is 12.1 Å². The van der Waals surface area contributed by atoms with E-state index in [-0.39, 0.29) is 5.82 Å². The smallest absolute Gasteiger partial charge is 0.233 e. The SMILES string of the molecule is NCCCc1ccc(OCc2ccc(F)cc2)nn1. The van der Waals surface area contributed by atoms with Crippen molar-refractivity contribution in [1.82, 2.24) is 10.2 Å². The Kier molecular flexibility index (Phi) is 4.80. The third-order valence-corrected chi connectivity index (χ3v) is 2.63. The van der Waals surface area contributed by atoms with Gasteiger partial charge in [0.05, 0.1) is 5.69 Å². The highest BCUT2D eigenvalue weighted by Crippen LogP contribution is 2.10. The van der Waals surface area contributed by atoms with E-state index in [0.717, 1.165) is 24.1 Å². The average molecular weight is 261 g/mol. The van der Waals surface area contributed by atoms with Crippen LogP contribution in [0.3, 0.4) is 0 Å². The maximum atomic E-state index is 12.7. The Morgan fingerprint density at radius 3 is 2.47 bits per heavy atom. The van der Waals surface area contributed by atoms with Crippen molar-refractivity contribution in [1.29, 1.82) is 0 Å². The number of aromatic nitrogens is 2. The molecule has 1 aromatic carbocycles. The predicted octanol–water partition coefficient (Wildman–Crippen LogP) is 2.09. The molecule has 19 heavy (non-hydrogen) atoms. The standard InChI is InChI=1S/C14H16FN3O/c15-12-5-3-11(4-6-12)10-19-14-8-7-13(17-18-14)2-1-9-16/h3-8H,1-2,9-10,16H2. The molecule has 1 aromatic heterocycles. The summed E-state index contributed by atoms with van der Waals surface area (Å²) < 4.78 is 18.2. The Labute approximate surface area is 111 Å². The molecular weight excluding hydrogens is 245 g/mol. The molecular formula is C14H16FN3O. The van der Waals surface area contributed by atoms with Crippen molar-refractivity contribution in [3.63, 3.8) is 0 Å². The molecule has 0 atom stereocenters. The van der Waals surface area contributed by atoms with Gasteiger partial charge in [-0.2, -0.15) is 5.10 Å². The van der Waals surface area contributed by atoms with Crippen LogP contribution in [0.1, 0.15) is 17.7 Å². The van der Waals surface area contributed by atoms with E-state index in [1.807, 2.05) is 6.07 Å². The summed E-state index contributed by atoms with van der Waals surface area (Å²) in [5.41, 5.74) is 7.22. The molecule has 0 saturated heterocycles. The highest BCUT2D eigenvalue weighted by atomic mass is 19.1.